The topological polar surface area (TPSA) is 77.6 Å². The lowest BCUT2D eigenvalue weighted by atomic mass is 10.0. The molecule has 7 aromatic carbocycles. The van der Waals surface area contributed by atoms with E-state index in [4.69, 9.17) is 29.3 Å². The number of aromatic nitrogens is 5. The zero-order valence-electron chi connectivity index (χ0n) is 29.5. The molecule has 55 heavy (non-hydrogen) atoms. The SMILES string of the molecule is c1ccc(-c2ccc(-c3cc(-c4ccc5c(c4)oc4cccc(-c6nc(-c7ccccc7)nc(-c7ccccc7)n6)c45)nc(-c4ccccc4)n3)cc2)cc1. The van der Waals surface area contributed by atoms with Gasteiger partial charge in [-0.25, -0.2) is 24.9 Å². The molecule has 0 bridgehead atoms. The lowest BCUT2D eigenvalue weighted by Crippen LogP contribution is -2.00. The van der Waals surface area contributed by atoms with Crippen LogP contribution in [0.15, 0.2) is 192 Å². The Hall–Kier alpha value is -7.57. The Labute approximate surface area is 317 Å². The molecule has 0 spiro atoms. The van der Waals surface area contributed by atoms with Crippen molar-refractivity contribution in [2.45, 2.75) is 0 Å². The van der Waals surface area contributed by atoms with Crippen LogP contribution in [0.1, 0.15) is 0 Å². The van der Waals surface area contributed by atoms with Crippen molar-refractivity contribution in [3.05, 3.63) is 188 Å². The minimum Gasteiger partial charge on any atom is -0.456 e. The van der Waals surface area contributed by atoms with Crippen molar-refractivity contribution in [1.82, 2.24) is 24.9 Å². The Bertz CT molecular complexity index is 2890. The minimum absolute atomic E-state index is 0.580. The van der Waals surface area contributed by atoms with E-state index in [0.717, 1.165) is 72.3 Å². The molecule has 0 atom stereocenters. The fraction of sp³-hybridized carbons (Fsp3) is 0. The van der Waals surface area contributed by atoms with Gasteiger partial charge >= 0.3 is 0 Å². The summed E-state index contributed by atoms with van der Waals surface area (Å²) in [5, 5.41) is 1.91. The van der Waals surface area contributed by atoms with Crippen LogP contribution in [0.2, 0.25) is 0 Å². The third kappa shape index (κ3) is 6.22. The summed E-state index contributed by atoms with van der Waals surface area (Å²) in [7, 11) is 0. The number of benzene rings is 7. The first-order valence-electron chi connectivity index (χ1n) is 18.2. The van der Waals surface area contributed by atoms with E-state index in [1.54, 1.807) is 0 Å². The van der Waals surface area contributed by atoms with Gasteiger partial charge in [0.05, 0.1) is 11.4 Å². The molecule has 0 fully saturated rings. The van der Waals surface area contributed by atoms with E-state index in [-0.39, 0.29) is 0 Å². The molecule has 0 aliphatic rings. The highest BCUT2D eigenvalue weighted by atomic mass is 16.3. The molecule has 0 aliphatic heterocycles. The summed E-state index contributed by atoms with van der Waals surface area (Å²) < 4.78 is 6.58. The highest BCUT2D eigenvalue weighted by molar-refractivity contribution is 6.12. The van der Waals surface area contributed by atoms with Gasteiger partial charge < -0.3 is 4.42 Å². The monoisotopic (exact) mass is 705 g/mol. The summed E-state index contributed by atoms with van der Waals surface area (Å²) in [4.78, 5) is 25.1. The summed E-state index contributed by atoms with van der Waals surface area (Å²) in [6, 6.07) is 63.4. The average molecular weight is 706 g/mol. The second-order valence-electron chi connectivity index (χ2n) is 13.3. The number of furan rings is 1. The van der Waals surface area contributed by atoms with E-state index < -0.39 is 0 Å². The van der Waals surface area contributed by atoms with Crippen molar-refractivity contribution in [3.8, 4) is 79.2 Å². The van der Waals surface area contributed by atoms with Gasteiger partial charge in [-0.1, -0.05) is 164 Å². The molecule has 0 saturated heterocycles. The van der Waals surface area contributed by atoms with Crippen molar-refractivity contribution in [2.75, 3.05) is 0 Å². The molecule has 10 rings (SSSR count). The summed E-state index contributed by atoms with van der Waals surface area (Å²) in [5.41, 5.74) is 11.1. The zero-order valence-corrected chi connectivity index (χ0v) is 29.5. The summed E-state index contributed by atoms with van der Waals surface area (Å²) >= 11 is 0. The maximum Gasteiger partial charge on any atom is 0.164 e. The van der Waals surface area contributed by atoms with Gasteiger partial charge in [0.25, 0.3) is 0 Å². The summed E-state index contributed by atoms with van der Waals surface area (Å²) in [6.45, 7) is 0. The fourth-order valence-corrected chi connectivity index (χ4v) is 7.02. The standard InChI is InChI=1S/C49H31N5O/c1-5-14-32(15-6-1)33-24-26-34(27-25-33)41-31-42(51-46(50-41)35-16-7-2-8-17-35)38-28-29-39-44(30-38)55-43-23-13-22-40(45(39)43)49-53-47(36-18-9-3-10-19-36)52-48(54-49)37-20-11-4-12-21-37/h1-31H. The largest absolute Gasteiger partial charge is 0.456 e. The Kier molecular flexibility index (Phi) is 8.04. The second kappa shape index (κ2) is 13.8. The first-order valence-corrected chi connectivity index (χ1v) is 18.2. The predicted molar refractivity (Wildman–Crippen MR) is 221 cm³/mol. The average Bonchev–Trinajstić information content (AvgIpc) is 3.66. The molecule has 10 aromatic rings. The van der Waals surface area contributed by atoms with Crippen molar-refractivity contribution >= 4 is 21.9 Å². The van der Waals surface area contributed by atoms with Crippen LogP contribution in [0, 0.1) is 0 Å². The first-order chi connectivity index (χ1) is 27.2. The quantitative estimate of drug-likeness (QED) is 0.164. The molecular weight excluding hydrogens is 675 g/mol. The molecule has 0 amide bonds. The third-order valence-corrected chi connectivity index (χ3v) is 9.78. The van der Waals surface area contributed by atoms with Crippen LogP contribution in [0.25, 0.3) is 101 Å². The Morgan fingerprint density at radius 3 is 1.33 bits per heavy atom. The zero-order chi connectivity index (χ0) is 36.6. The molecule has 258 valence electrons. The van der Waals surface area contributed by atoms with E-state index >= 15 is 0 Å². The summed E-state index contributed by atoms with van der Waals surface area (Å²) in [5.74, 6) is 2.46. The molecule has 6 nitrogen and oxygen atoms in total. The van der Waals surface area contributed by atoms with Gasteiger partial charge in [0.1, 0.15) is 11.2 Å². The number of hydrogen-bond acceptors (Lipinski definition) is 6. The van der Waals surface area contributed by atoms with Crippen molar-refractivity contribution in [1.29, 1.82) is 0 Å². The molecule has 0 aliphatic carbocycles. The maximum absolute atomic E-state index is 6.58. The molecule has 0 radical (unpaired) electrons. The van der Waals surface area contributed by atoms with Gasteiger partial charge in [-0.2, -0.15) is 0 Å². The Balaban J connectivity index is 1.10. The molecule has 0 unspecified atom stereocenters. The van der Waals surface area contributed by atoms with Gasteiger partial charge in [-0.15, -0.1) is 0 Å². The number of rotatable bonds is 7. The van der Waals surface area contributed by atoms with Crippen LogP contribution in [-0.4, -0.2) is 24.9 Å². The summed E-state index contributed by atoms with van der Waals surface area (Å²) in [6.07, 6.45) is 0. The van der Waals surface area contributed by atoms with Crippen LogP contribution < -0.4 is 0 Å². The van der Waals surface area contributed by atoms with E-state index in [1.165, 1.54) is 5.56 Å². The van der Waals surface area contributed by atoms with Crippen LogP contribution in [-0.2, 0) is 0 Å². The number of hydrogen-bond donors (Lipinski definition) is 0. The van der Waals surface area contributed by atoms with Gasteiger partial charge in [0.2, 0.25) is 0 Å². The van der Waals surface area contributed by atoms with Crippen LogP contribution in [0.4, 0.5) is 0 Å². The van der Waals surface area contributed by atoms with Gasteiger partial charge in [0.15, 0.2) is 23.3 Å². The normalized spacial score (nSPS) is 11.3. The Morgan fingerprint density at radius 1 is 0.291 bits per heavy atom. The molecular formula is C49H31N5O. The van der Waals surface area contributed by atoms with Crippen LogP contribution >= 0.6 is 0 Å². The van der Waals surface area contributed by atoms with Crippen molar-refractivity contribution in [3.63, 3.8) is 0 Å². The highest BCUT2D eigenvalue weighted by Crippen LogP contribution is 2.39. The minimum atomic E-state index is 0.580. The third-order valence-electron chi connectivity index (χ3n) is 9.78. The van der Waals surface area contributed by atoms with Crippen LogP contribution in [0.3, 0.4) is 0 Å². The predicted octanol–water partition coefficient (Wildman–Crippen LogP) is 12.2. The van der Waals surface area contributed by atoms with Gasteiger partial charge in [-0.05, 0) is 35.4 Å². The lowest BCUT2D eigenvalue weighted by molar-refractivity contribution is 0.669. The van der Waals surface area contributed by atoms with Crippen LogP contribution in [0.5, 0.6) is 0 Å². The smallest absolute Gasteiger partial charge is 0.164 e. The number of nitrogens with zero attached hydrogens (tertiary/aromatic N) is 5. The van der Waals surface area contributed by atoms with Crippen molar-refractivity contribution in [2.24, 2.45) is 0 Å². The molecule has 3 aromatic heterocycles. The molecule has 3 heterocycles. The van der Waals surface area contributed by atoms with E-state index in [9.17, 15) is 0 Å². The van der Waals surface area contributed by atoms with E-state index in [2.05, 4.69) is 78.9 Å². The highest BCUT2D eigenvalue weighted by Gasteiger charge is 2.19. The van der Waals surface area contributed by atoms with Gasteiger partial charge in [-0.3, -0.25) is 0 Å². The van der Waals surface area contributed by atoms with E-state index in [1.807, 2.05) is 109 Å². The first kappa shape index (κ1) is 32.1. The van der Waals surface area contributed by atoms with E-state index in [0.29, 0.717) is 23.3 Å². The Morgan fingerprint density at radius 2 is 0.745 bits per heavy atom. The molecule has 0 N–H and O–H groups in total. The number of fused-ring (bicyclic) bond motifs is 3. The molecule has 6 heteroatoms. The molecule has 0 saturated carbocycles. The second-order valence-corrected chi connectivity index (χ2v) is 13.3. The maximum atomic E-state index is 6.58. The lowest BCUT2D eigenvalue weighted by Gasteiger charge is -2.10. The van der Waals surface area contributed by atoms with Gasteiger partial charge in [0, 0.05) is 44.2 Å². The fourth-order valence-electron chi connectivity index (χ4n) is 7.02. The van der Waals surface area contributed by atoms with Crippen molar-refractivity contribution < 1.29 is 4.42 Å².